The summed E-state index contributed by atoms with van der Waals surface area (Å²) >= 11 is 0. The smallest absolute Gasteiger partial charge is 0.416 e. The maximum Gasteiger partial charge on any atom is 0.416 e. The van der Waals surface area contributed by atoms with Gasteiger partial charge in [-0.3, -0.25) is 15.8 Å². The Labute approximate surface area is 180 Å². The molecular formula is C23H28F3N3O2. The van der Waals surface area contributed by atoms with E-state index in [2.05, 4.69) is 15.8 Å². The van der Waals surface area contributed by atoms with E-state index in [-0.39, 0.29) is 17.7 Å². The van der Waals surface area contributed by atoms with Gasteiger partial charge in [-0.1, -0.05) is 24.3 Å². The fourth-order valence-corrected chi connectivity index (χ4v) is 4.83. The minimum Gasteiger partial charge on any atom is -0.507 e. The molecule has 0 amide bonds. The highest BCUT2D eigenvalue weighted by atomic mass is 19.4. The summed E-state index contributed by atoms with van der Waals surface area (Å²) in [5, 5.41) is 10.2. The number of methoxy groups -OCH3 is 1. The van der Waals surface area contributed by atoms with Crippen LogP contribution in [0.2, 0.25) is 0 Å². The number of nitrogens with one attached hydrogen (secondary N) is 2. The third-order valence-electron chi connectivity index (χ3n) is 6.52. The van der Waals surface area contributed by atoms with Crippen molar-refractivity contribution in [1.82, 2.24) is 15.8 Å². The maximum absolute atomic E-state index is 13.1. The van der Waals surface area contributed by atoms with Gasteiger partial charge in [0, 0.05) is 30.6 Å². The molecule has 8 heteroatoms. The van der Waals surface area contributed by atoms with Crippen molar-refractivity contribution in [2.45, 2.75) is 37.5 Å². The number of alkyl halides is 3. The number of piperidine rings is 1. The molecule has 2 fully saturated rings. The van der Waals surface area contributed by atoms with Crippen LogP contribution in [-0.2, 0) is 12.7 Å². The SMILES string of the molecule is COc1cccc(O)c1CN1CCC(C2NNCC2c2cccc(C(F)(F)F)c2)CC1. The first-order valence-electron chi connectivity index (χ1n) is 10.6. The number of rotatable bonds is 5. The number of phenolic OH excluding ortho intramolecular Hbond substituents is 1. The molecule has 2 heterocycles. The molecule has 0 bridgehead atoms. The van der Waals surface area contributed by atoms with Gasteiger partial charge in [-0.15, -0.1) is 0 Å². The predicted octanol–water partition coefficient (Wildman–Crippen LogP) is 3.89. The summed E-state index contributed by atoms with van der Waals surface area (Å²) in [4.78, 5) is 2.29. The largest absolute Gasteiger partial charge is 0.507 e. The van der Waals surface area contributed by atoms with Crippen molar-refractivity contribution in [3.63, 3.8) is 0 Å². The zero-order valence-electron chi connectivity index (χ0n) is 17.5. The average Bonchev–Trinajstić information content (AvgIpc) is 3.25. The maximum atomic E-state index is 13.1. The molecule has 0 spiro atoms. The first-order chi connectivity index (χ1) is 14.9. The first kappa shape index (κ1) is 21.9. The van der Waals surface area contributed by atoms with Crippen LogP contribution in [0.3, 0.4) is 0 Å². The molecule has 0 radical (unpaired) electrons. The van der Waals surface area contributed by atoms with E-state index in [1.165, 1.54) is 12.1 Å². The summed E-state index contributed by atoms with van der Waals surface area (Å²) in [6.07, 6.45) is -2.46. The van der Waals surface area contributed by atoms with Gasteiger partial charge in [-0.2, -0.15) is 13.2 Å². The molecule has 2 saturated heterocycles. The highest BCUT2D eigenvalue weighted by Gasteiger charge is 2.38. The van der Waals surface area contributed by atoms with E-state index in [9.17, 15) is 18.3 Å². The molecular weight excluding hydrogens is 407 g/mol. The highest BCUT2D eigenvalue weighted by Crippen LogP contribution is 2.36. The Hall–Kier alpha value is -2.29. The number of hydrogen-bond acceptors (Lipinski definition) is 5. The Morgan fingerprint density at radius 3 is 2.58 bits per heavy atom. The molecule has 168 valence electrons. The van der Waals surface area contributed by atoms with E-state index in [1.54, 1.807) is 25.3 Å². The van der Waals surface area contributed by atoms with Crippen LogP contribution >= 0.6 is 0 Å². The normalized spacial score (nSPS) is 23.2. The van der Waals surface area contributed by atoms with E-state index in [1.807, 2.05) is 6.07 Å². The van der Waals surface area contributed by atoms with Crippen LogP contribution in [-0.4, -0.2) is 42.8 Å². The summed E-state index contributed by atoms with van der Waals surface area (Å²) in [7, 11) is 1.59. The van der Waals surface area contributed by atoms with Gasteiger partial charge >= 0.3 is 6.18 Å². The molecule has 2 aliphatic rings. The summed E-state index contributed by atoms with van der Waals surface area (Å²) in [6.45, 7) is 2.93. The second kappa shape index (κ2) is 9.06. The molecule has 2 aromatic carbocycles. The Morgan fingerprint density at radius 2 is 1.87 bits per heavy atom. The van der Waals surface area contributed by atoms with Gasteiger partial charge in [0.15, 0.2) is 0 Å². The number of halogens is 3. The molecule has 0 aliphatic carbocycles. The summed E-state index contributed by atoms with van der Waals surface area (Å²) in [6, 6.07) is 11.1. The molecule has 2 aromatic rings. The van der Waals surface area contributed by atoms with Crippen molar-refractivity contribution >= 4 is 0 Å². The predicted molar refractivity (Wildman–Crippen MR) is 112 cm³/mol. The second-order valence-electron chi connectivity index (χ2n) is 8.35. The van der Waals surface area contributed by atoms with Crippen molar-refractivity contribution in [2.75, 3.05) is 26.7 Å². The van der Waals surface area contributed by atoms with Crippen molar-refractivity contribution in [2.24, 2.45) is 5.92 Å². The summed E-state index contributed by atoms with van der Waals surface area (Å²) in [5.74, 6) is 1.26. The van der Waals surface area contributed by atoms with E-state index in [0.717, 1.165) is 43.1 Å². The lowest BCUT2D eigenvalue weighted by atomic mass is 9.80. The molecule has 4 rings (SSSR count). The van der Waals surface area contributed by atoms with Gasteiger partial charge < -0.3 is 9.84 Å². The standard InChI is InChI=1S/C23H28F3N3O2/c1-31-21-7-3-6-20(30)19(21)14-29-10-8-15(9-11-29)22-18(13-27-28-22)16-4-2-5-17(12-16)23(24,25)26/h2-7,12,15,18,22,27-28,30H,8-11,13-14H2,1H3. The van der Waals surface area contributed by atoms with E-state index >= 15 is 0 Å². The number of hydrazine groups is 1. The minimum absolute atomic E-state index is 0.00267. The van der Waals surface area contributed by atoms with Crippen molar-refractivity contribution in [3.05, 3.63) is 59.2 Å². The Kier molecular flexibility index (Phi) is 6.41. The molecule has 2 aliphatic heterocycles. The Bertz CT molecular complexity index is 898. The zero-order valence-corrected chi connectivity index (χ0v) is 17.5. The van der Waals surface area contributed by atoms with Crippen LogP contribution < -0.4 is 15.6 Å². The first-order valence-corrected chi connectivity index (χ1v) is 10.6. The van der Waals surface area contributed by atoms with Gasteiger partial charge in [0.25, 0.3) is 0 Å². The van der Waals surface area contributed by atoms with Gasteiger partial charge in [0.2, 0.25) is 0 Å². The molecule has 2 unspecified atom stereocenters. The van der Waals surface area contributed by atoms with E-state index in [0.29, 0.717) is 24.8 Å². The molecule has 0 saturated carbocycles. The van der Waals surface area contributed by atoms with Gasteiger partial charge in [-0.05, 0) is 55.6 Å². The minimum atomic E-state index is -4.33. The van der Waals surface area contributed by atoms with Gasteiger partial charge in [0.1, 0.15) is 11.5 Å². The number of hydrogen-bond donors (Lipinski definition) is 3. The van der Waals surface area contributed by atoms with Crippen LogP contribution in [0.25, 0.3) is 0 Å². The topological polar surface area (TPSA) is 56.8 Å². The van der Waals surface area contributed by atoms with Crippen LogP contribution in [0.5, 0.6) is 11.5 Å². The monoisotopic (exact) mass is 435 g/mol. The lowest BCUT2D eigenvalue weighted by molar-refractivity contribution is -0.137. The van der Waals surface area contributed by atoms with E-state index in [4.69, 9.17) is 4.74 Å². The van der Waals surface area contributed by atoms with Crippen LogP contribution in [0.1, 0.15) is 35.4 Å². The molecule has 2 atom stereocenters. The fourth-order valence-electron chi connectivity index (χ4n) is 4.83. The van der Waals surface area contributed by atoms with Crippen LogP contribution in [0.4, 0.5) is 13.2 Å². The third-order valence-corrected chi connectivity index (χ3v) is 6.52. The summed E-state index contributed by atoms with van der Waals surface area (Å²) in [5.41, 5.74) is 7.38. The molecule has 31 heavy (non-hydrogen) atoms. The van der Waals surface area contributed by atoms with Crippen molar-refractivity contribution in [3.8, 4) is 11.5 Å². The number of benzene rings is 2. The van der Waals surface area contributed by atoms with Crippen molar-refractivity contribution in [1.29, 1.82) is 0 Å². The lowest BCUT2D eigenvalue weighted by Gasteiger charge is -2.36. The fraction of sp³-hybridized carbons (Fsp3) is 0.478. The molecule has 5 nitrogen and oxygen atoms in total. The Morgan fingerprint density at radius 1 is 1.13 bits per heavy atom. The molecule has 3 N–H and O–H groups in total. The second-order valence-corrected chi connectivity index (χ2v) is 8.35. The molecule has 0 aromatic heterocycles. The lowest BCUT2D eigenvalue weighted by Crippen LogP contribution is -2.44. The highest BCUT2D eigenvalue weighted by molar-refractivity contribution is 5.43. The number of phenols is 1. The summed E-state index contributed by atoms with van der Waals surface area (Å²) < 4.78 is 44.8. The van der Waals surface area contributed by atoms with Gasteiger partial charge in [-0.25, -0.2) is 0 Å². The van der Waals surface area contributed by atoms with E-state index < -0.39 is 11.7 Å². The number of likely N-dealkylation sites (tertiary alicyclic amines) is 1. The number of aromatic hydroxyl groups is 1. The zero-order chi connectivity index (χ0) is 22.0. The quantitative estimate of drug-likeness (QED) is 0.665. The van der Waals surface area contributed by atoms with Crippen LogP contribution in [0.15, 0.2) is 42.5 Å². The third kappa shape index (κ3) is 4.81. The number of ether oxygens (including phenoxy) is 1. The van der Waals surface area contributed by atoms with Crippen molar-refractivity contribution < 1.29 is 23.0 Å². The Balaban J connectivity index is 1.41. The van der Waals surface area contributed by atoms with Gasteiger partial charge in [0.05, 0.1) is 12.7 Å². The average molecular weight is 435 g/mol. The van der Waals surface area contributed by atoms with Crippen LogP contribution in [0, 0.1) is 5.92 Å². The number of nitrogens with zero attached hydrogens (tertiary/aromatic N) is 1.